The second-order valence-corrected chi connectivity index (χ2v) is 6.13. The molecule has 4 heteroatoms. The van der Waals surface area contributed by atoms with Gasteiger partial charge in [0.2, 0.25) is 0 Å². The summed E-state index contributed by atoms with van der Waals surface area (Å²) < 4.78 is 0. The number of nitrogens with zero attached hydrogens (tertiary/aromatic N) is 1. The molecule has 0 aromatic carbocycles. The molecule has 1 fully saturated rings. The van der Waals surface area contributed by atoms with Gasteiger partial charge in [0, 0.05) is 25.5 Å². The van der Waals surface area contributed by atoms with Crippen molar-refractivity contribution in [3.05, 3.63) is 24.0 Å². The molecular weight excluding hydrogens is 262 g/mol. The first-order valence-corrected chi connectivity index (χ1v) is 8.16. The molecule has 1 aliphatic rings. The highest BCUT2D eigenvalue weighted by molar-refractivity contribution is 5.99. The van der Waals surface area contributed by atoms with E-state index in [1.54, 1.807) is 12.4 Å². The zero-order valence-electron chi connectivity index (χ0n) is 13.2. The smallest absolute Gasteiger partial charge is 0.254 e. The molecule has 1 amide bonds. The average molecular weight is 289 g/mol. The average Bonchev–Trinajstić information content (AvgIpc) is 2.48. The van der Waals surface area contributed by atoms with Crippen LogP contribution < -0.4 is 10.6 Å². The maximum atomic E-state index is 12.3. The van der Waals surface area contributed by atoms with Crippen LogP contribution in [-0.4, -0.2) is 24.0 Å². The highest BCUT2D eigenvalue weighted by atomic mass is 16.1. The first-order chi connectivity index (χ1) is 10.2. The molecular formula is C17H27N3O. The van der Waals surface area contributed by atoms with Gasteiger partial charge < -0.3 is 10.6 Å². The summed E-state index contributed by atoms with van der Waals surface area (Å²) in [7, 11) is 0. The molecule has 0 bridgehead atoms. The maximum absolute atomic E-state index is 12.3. The van der Waals surface area contributed by atoms with E-state index in [4.69, 9.17) is 0 Å². The maximum Gasteiger partial charge on any atom is 0.254 e. The molecule has 0 spiro atoms. The molecule has 0 aliphatic heterocycles. The molecule has 0 radical (unpaired) electrons. The molecule has 116 valence electrons. The molecule has 1 aromatic rings. The van der Waals surface area contributed by atoms with Crippen molar-refractivity contribution in [2.75, 3.05) is 18.4 Å². The first-order valence-electron chi connectivity index (χ1n) is 8.16. The van der Waals surface area contributed by atoms with Crippen molar-refractivity contribution in [3.63, 3.8) is 0 Å². The molecule has 21 heavy (non-hydrogen) atoms. The SMILES string of the molecule is CCNc1ccncc1C(=O)NCCC1CCCC(C)C1. The van der Waals surface area contributed by atoms with Gasteiger partial charge in [-0.3, -0.25) is 9.78 Å². The Kier molecular flexibility index (Phi) is 6.03. The number of rotatable bonds is 6. The normalized spacial score (nSPS) is 21.8. The van der Waals surface area contributed by atoms with Crippen LogP contribution in [0.4, 0.5) is 5.69 Å². The Morgan fingerprint density at radius 1 is 1.43 bits per heavy atom. The number of carbonyl (C=O) groups is 1. The minimum atomic E-state index is -0.0251. The third kappa shape index (κ3) is 4.73. The Labute approximate surface area is 127 Å². The van der Waals surface area contributed by atoms with E-state index in [1.807, 2.05) is 13.0 Å². The zero-order chi connectivity index (χ0) is 15.1. The van der Waals surface area contributed by atoms with E-state index in [9.17, 15) is 4.79 Å². The van der Waals surface area contributed by atoms with Crippen LogP contribution in [0, 0.1) is 11.8 Å². The summed E-state index contributed by atoms with van der Waals surface area (Å²) >= 11 is 0. The Morgan fingerprint density at radius 2 is 2.29 bits per heavy atom. The van der Waals surface area contributed by atoms with Crippen LogP contribution in [0.2, 0.25) is 0 Å². The molecule has 2 N–H and O–H groups in total. The number of amides is 1. The van der Waals surface area contributed by atoms with Crippen LogP contribution in [0.3, 0.4) is 0 Å². The van der Waals surface area contributed by atoms with Gasteiger partial charge in [0.25, 0.3) is 5.91 Å². The van der Waals surface area contributed by atoms with Gasteiger partial charge in [0.1, 0.15) is 0 Å². The summed E-state index contributed by atoms with van der Waals surface area (Å²) in [6.45, 7) is 5.91. The molecule has 4 nitrogen and oxygen atoms in total. The number of carbonyl (C=O) groups excluding carboxylic acids is 1. The fourth-order valence-corrected chi connectivity index (χ4v) is 3.23. The summed E-state index contributed by atoms with van der Waals surface area (Å²) in [4.78, 5) is 16.3. The monoisotopic (exact) mass is 289 g/mol. The van der Waals surface area contributed by atoms with Gasteiger partial charge in [-0.1, -0.05) is 26.2 Å². The molecule has 2 unspecified atom stereocenters. The third-order valence-electron chi connectivity index (χ3n) is 4.32. The molecule has 1 aliphatic carbocycles. The molecule has 1 saturated carbocycles. The Bertz CT molecular complexity index is 461. The number of pyridine rings is 1. The van der Waals surface area contributed by atoms with Gasteiger partial charge >= 0.3 is 0 Å². The van der Waals surface area contributed by atoms with Crippen LogP contribution in [-0.2, 0) is 0 Å². The summed E-state index contributed by atoms with van der Waals surface area (Å²) in [5.74, 6) is 1.59. The Morgan fingerprint density at radius 3 is 3.05 bits per heavy atom. The Balaban J connectivity index is 1.81. The van der Waals surface area contributed by atoms with Crippen molar-refractivity contribution >= 4 is 11.6 Å². The number of aromatic nitrogens is 1. The van der Waals surface area contributed by atoms with Crippen LogP contribution in [0.5, 0.6) is 0 Å². The molecule has 2 rings (SSSR count). The van der Waals surface area contributed by atoms with Crippen molar-refractivity contribution in [2.24, 2.45) is 11.8 Å². The second-order valence-electron chi connectivity index (χ2n) is 6.13. The van der Waals surface area contributed by atoms with Gasteiger partial charge in [0.15, 0.2) is 0 Å². The predicted molar refractivity (Wildman–Crippen MR) is 86.5 cm³/mol. The standard InChI is InChI=1S/C17H27N3O/c1-3-19-16-8-9-18-12-15(16)17(21)20-10-7-14-6-4-5-13(2)11-14/h8-9,12-14H,3-7,10-11H2,1-2H3,(H,18,19)(H,20,21). The minimum absolute atomic E-state index is 0.0251. The summed E-state index contributed by atoms with van der Waals surface area (Å²) in [6.07, 6.45) is 9.76. The van der Waals surface area contributed by atoms with E-state index in [-0.39, 0.29) is 5.91 Å². The second kappa shape index (κ2) is 8.01. The lowest BCUT2D eigenvalue weighted by molar-refractivity contribution is 0.0950. The van der Waals surface area contributed by atoms with Gasteiger partial charge in [-0.05, 0) is 37.7 Å². The van der Waals surface area contributed by atoms with Crippen molar-refractivity contribution in [1.29, 1.82) is 0 Å². The van der Waals surface area contributed by atoms with E-state index < -0.39 is 0 Å². The predicted octanol–water partition coefficient (Wildman–Crippen LogP) is 3.46. The summed E-state index contributed by atoms with van der Waals surface area (Å²) in [5, 5.41) is 6.24. The highest BCUT2D eigenvalue weighted by Gasteiger charge is 2.19. The topological polar surface area (TPSA) is 54.0 Å². The largest absolute Gasteiger partial charge is 0.385 e. The molecule has 1 aromatic heterocycles. The number of hydrogen-bond donors (Lipinski definition) is 2. The van der Waals surface area contributed by atoms with Crippen molar-refractivity contribution in [3.8, 4) is 0 Å². The van der Waals surface area contributed by atoms with Gasteiger partial charge in [-0.25, -0.2) is 0 Å². The van der Waals surface area contributed by atoms with Crippen LogP contribution in [0.25, 0.3) is 0 Å². The summed E-state index contributed by atoms with van der Waals surface area (Å²) in [5.41, 5.74) is 1.49. The lowest BCUT2D eigenvalue weighted by atomic mass is 9.81. The molecule has 0 saturated heterocycles. The summed E-state index contributed by atoms with van der Waals surface area (Å²) in [6, 6.07) is 1.85. The van der Waals surface area contributed by atoms with E-state index >= 15 is 0 Å². The minimum Gasteiger partial charge on any atom is -0.385 e. The van der Waals surface area contributed by atoms with Crippen LogP contribution in [0.15, 0.2) is 18.5 Å². The lowest BCUT2D eigenvalue weighted by Gasteiger charge is -2.26. The van der Waals surface area contributed by atoms with Gasteiger partial charge in [0.05, 0.1) is 11.3 Å². The number of anilines is 1. The zero-order valence-corrected chi connectivity index (χ0v) is 13.2. The quantitative estimate of drug-likeness (QED) is 0.843. The number of nitrogens with one attached hydrogen (secondary N) is 2. The fourth-order valence-electron chi connectivity index (χ4n) is 3.23. The van der Waals surface area contributed by atoms with Crippen molar-refractivity contribution in [1.82, 2.24) is 10.3 Å². The molecule has 1 heterocycles. The third-order valence-corrected chi connectivity index (χ3v) is 4.32. The Hall–Kier alpha value is -1.58. The van der Waals surface area contributed by atoms with Gasteiger partial charge in [-0.15, -0.1) is 0 Å². The van der Waals surface area contributed by atoms with Crippen molar-refractivity contribution in [2.45, 2.75) is 46.0 Å². The van der Waals surface area contributed by atoms with Crippen molar-refractivity contribution < 1.29 is 4.79 Å². The van der Waals surface area contributed by atoms with E-state index in [0.29, 0.717) is 5.56 Å². The van der Waals surface area contributed by atoms with E-state index in [2.05, 4.69) is 22.5 Å². The highest BCUT2D eigenvalue weighted by Crippen LogP contribution is 2.30. The number of hydrogen-bond acceptors (Lipinski definition) is 3. The van der Waals surface area contributed by atoms with Gasteiger partial charge in [-0.2, -0.15) is 0 Å². The molecule has 2 atom stereocenters. The van der Waals surface area contributed by atoms with E-state index in [1.165, 1.54) is 25.7 Å². The lowest BCUT2D eigenvalue weighted by Crippen LogP contribution is -2.28. The fraction of sp³-hybridized carbons (Fsp3) is 0.647. The van der Waals surface area contributed by atoms with E-state index in [0.717, 1.165) is 37.0 Å². The van der Waals surface area contributed by atoms with Crippen LogP contribution >= 0.6 is 0 Å². The van der Waals surface area contributed by atoms with Crippen LogP contribution in [0.1, 0.15) is 56.3 Å². The first kappa shape index (κ1) is 15.8.